The van der Waals surface area contributed by atoms with Gasteiger partial charge in [-0.25, -0.2) is 0 Å². The number of amides is 1. The normalized spacial score (nSPS) is 12.1. The van der Waals surface area contributed by atoms with Crippen molar-refractivity contribution in [3.05, 3.63) is 23.7 Å². The summed E-state index contributed by atoms with van der Waals surface area (Å²) in [5.41, 5.74) is 0.813. The average Bonchev–Trinajstić information content (AvgIpc) is 2.81. The fourth-order valence-electron chi connectivity index (χ4n) is 1.72. The third-order valence-corrected chi connectivity index (χ3v) is 2.72. The van der Waals surface area contributed by atoms with E-state index in [1.807, 2.05) is 6.92 Å². The van der Waals surface area contributed by atoms with Gasteiger partial charge in [-0.1, -0.05) is 0 Å². The van der Waals surface area contributed by atoms with Crippen LogP contribution in [0, 0.1) is 6.92 Å². The van der Waals surface area contributed by atoms with E-state index < -0.39 is 0 Å². The number of hydrogen-bond donors (Lipinski definition) is 3. The lowest BCUT2D eigenvalue weighted by Gasteiger charge is -2.23. The summed E-state index contributed by atoms with van der Waals surface area (Å²) in [6.07, 6.45) is 2.32. The van der Waals surface area contributed by atoms with Gasteiger partial charge in [0.1, 0.15) is 0 Å². The number of hydrogen-bond acceptors (Lipinski definition) is 3. The molecule has 0 aliphatic carbocycles. The molecule has 1 aromatic rings. The minimum atomic E-state index is -0.172. The van der Waals surface area contributed by atoms with Crippen LogP contribution in [0.3, 0.4) is 0 Å². The zero-order valence-corrected chi connectivity index (χ0v) is 13.5. The van der Waals surface area contributed by atoms with E-state index in [0.29, 0.717) is 12.3 Å². The second-order valence-electron chi connectivity index (χ2n) is 5.92. The molecular weight excluding hydrogens is 268 g/mol. The summed E-state index contributed by atoms with van der Waals surface area (Å²) in [6, 6.07) is 1.78. The van der Waals surface area contributed by atoms with Gasteiger partial charge < -0.3 is 20.4 Å². The third-order valence-electron chi connectivity index (χ3n) is 2.72. The molecular formula is C15H26N4O2. The van der Waals surface area contributed by atoms with Crippen molar-refractivity contribution >= 4 is 11.9 Å². The van der Waals surface area contributed by atoms with Crippen LogP contribution in [0.4, 0.5) is 0 Å². The minimum Gasteiger partial charge on any atom is -0.459 e. The second kappa shape index (κ2) is 7.71. The molecule has 0 saturated carbocycles. The summed E-state index contributed by atoms with van der Waals surface area (Å²) in [6.45, 7) is 9.39. The zero-order chi connectivity index (χ0) is 15.9. The molecule has 21 heavy (non-hydrogen) atoms. The molecule has 0 saturated heterocycles. The van der Waals surface area contributed by atoms with E-state index in [1.165, 1.54) is 6.26 Å². The average molecular weight is 294 g/mol. The summed E-state index contributed by atoms with van der Waals surface area (Å²) < 4.78 is 5.14. The summed E-state index contributed by atoms with van der Waals surface area (Å²) in [7, 11) is 1.74. The van der Waals surface area contributed by atoms with Gasteiger partial charge in [-0.2, -0.15) is 0 Å². The van der Waals surface area contributed by atoms with E-state index >= 15 is 0 Å². The monoisotopic (exact) mass is 294 g/mol. The molecule has 1 heterocycles. The first-order valence-electron chi connectivity index (χ1n) is 7.14. The van der Waals surface area contributed by atoms with Gasteiger partial charge in [-0.15, -0.1) is 0 Å². The highest BCUT2D eigenvalue weighted by Gasteiger charge is 2.12. The van der Waals surface area contributed by atoms with Gasteiger partial charge in [-0.3, -0.25) is 9.79 Å². The van der Waals surface area contributed by atoms with Crippen LogP contribution in [0.2, 0.25) is 0 Å². The van der Waals surface area contributed by atoms with Crippen LogP contribution in [0.5, 0.6) is 0 Å². The van der Waals surface area contributed by atoms with Crippen molar-refractivity contribution in [2.24, 2.45) is 4.99 Å². The highest BCUT2D eigenvalue weighted by atomic mass is 16.3. The number of carbonyl (C=O) groups is 1. The van der Waals surface area contributed by atoms with Crippen molar-refractivity contribution in [1.29, 1.82) is 0 Å². The van der Waals surface area contributed by atoms with Gasteiger partial charge in [0.15, 0.2) is 11.7 Å². The Morgan fingerprint density at radius 3 is 2.48 bits per heavy atom. The number of carbonyl (C=O) groups excluding carboxylic acids is 1. The zero-order valence-electron chi connectivity index (χ0n) is 13.5. The molecule has 0 aromatic carbocycles. The molecule has 6 heteroatoms. The van der Waals surface area contributed by atoms with Crippen molar-refractivity contribution in [3.63, 3.8) is 0 Å². The molecule has 118 valence electrons. The molecule has 1 aromatic heterocycles. The second-order valence-corrected chi connectivity index (χ2v) is 5.92. The van der Waals surface area contributed by atoms with Crippen molar-refractivity contribution in [2.45, 2.75) is 39.7 Å². The molecule has 0 aliphatic heterocycles. The number of furan rings is 1. The summed E-state index contributed by atoms with van der Waals surface area (Å²) in [5.74, 6) is 0.971. The van der Waals surface area contributed by atoms with Crippen LogP contribution in [0.25, 0.3) is 0 Å². The molecule has 3 N–H and O–H groups in total. The predicted octanol–water partition coefficient (Wildman–Crippen LogP) is 1.67. The molecule has 0 unspecified atom stereocenters. The molecule has 6 nitrogen and oxygen atoms in total. The maximum absolute atomic E-state index is 11.8. The van der Waals surface area contributed by atoms with Gasteiger partial charge in [0.2, 0.25) is 0 Å². The fraction of sp³-hybridized carbons (Fsp3) is 0.600. The molecule has 1 rings (SSSR count). The van der Waals surface area contributed by atoms with Gasteiger partial charge >= 0.3 is 0 Å². The van der Waals surface area contributed by atoms with Crippen LogP contribution in [0.1, 0.15) is 43.3 Å². The standard InChI is InChI=1S/C15H26N4O2/c1-11-7-10-21-12(11)13(20)17-8-6-9-18-14(16-5)19-15(2,3)4/h7,10H,6,8-9H2,1-5H3,(H,17,20)(H2,16,18,19). The molecule has 1 amide bonds. The van der Waals surface area contributed by atoms with E-state index in [2.05, 4.69) is 41.7 Å². The quantitative estimate of drug-likeness (QED) is 0.438. The van der Waals surface area contributed by atoms with Crippen LogP contribution in [-0.2, 0) is 0 Å². The Balaban J connectivity index is 2.23. The van der Waals surface area contributed by atoms with E-state index in [0.717, 1.165) is 24.5 Å². The van der Waals surface area contributed by atoms with E-state index in [9.17, 15) is 4.79 Å². The maximum Gasteiger partial charge on any atom is 0.287 e. The highest BCUT2D eigenvalue weighted by Crippen LogP contribution is 2.07. The van der Waals surface area contributed by atoms with Crippen molar-refractivity contribution in [2.75, 3.05) is 20.1 Å². The number of aryl methyl sites for hydroxylation is 1. The molecule has 0 radical (unpaired) electrons. The van der Waals surface area contributed by atoms with Crippen LogP contribution in [-0.4, -0.2) is 37.5 Å². The number of guanidine groups is 1. The Kier molecular flexibility index (Phi) is 6.27. The van der Waals surface area contributed by atoms with E-state index in [4.69, 9.17) is 4.42 Å². The first-order chi connectivity index (χ1) is 9.83. The Morgan fingerprint density at radius 1 is 1.29 bits per heavy atom. The Morgan fingerprint density at radius 2 is 1.95 bits per heavy atom. The summed E-state index contributed by atoms with van der Waals surface area (Å²) in [5, 5.41) is 9.31. The van der Waals surface area contributed by atoms with Crippen LogP contribution in [0.15, 0.2) is 21.7 Å². The SMILES string of the molecule is CN=C(NCCCNC(=O)c1occc1C)NC(C)(C)C. The van der Waals surface area contributed by atoms with E-state index in [1.54, 1.807) is 13.1 Å². The van der Waals surface area contributed by atoms with Gasteiger partial charge in [0.25, 0.3) is 5.91 Å². The number of rotatable bonds is 5. The highest BCUT2D eigenvalue weighted by molar-refractivity contribution is 5.92. The van der Waals surface area contributed by atoms with Gasteiger partial charge in [0, 0.05) is 31.2 Å². The van der Waals surface area contributed by atoms with Crippen LogP contribution < -0.4 is 16.0 Å². The molecule has 0 spiro atoms. The lowest BCUT2D eigenvalue weighted by molar-refractivity contribution is 0.0925. The largest absolute Gasteiger partial charge is 0.459 e. The predicted molar refractivity (Wildman–Crippen MR) is 84.6 cm³/mol. The topological polar surface area (TPSA) is 78.7 Å². The molecule has 0 fully saturated rings. The van der Waals surface area contributed by atoms with Crippen molar-refractivity contribution < 1.29 is 9.21 Å². The number of nitrogens with one attached hydrogen (secondary N) is 3. The van der Waals surface area contributed by atoms with Gasteiger partial charge in [0.05, 0.1) is 6.26 Å². The molecule has 0 aliphatic rings. The van der Waals surface area contributed by atoms with Crippen molar-refractivity contribution in [1.82, 2.24) is 16.0 Å². The first kappa shape index (κ1) is 17.1. The Bertz CT molecular complexity index is 486. The first-order valence-corrected chi connectivity index (χ1v) is 7.14. The Labute approximate surface area is 126 Å². The smallest absolute Gasteiger partial charge is 0.287 e. The van der Waals surface area contributed by atoms with E-state index in [-0.39, 0.29) is 11.4 Å². The lowest BCUT2D eigenvalue weighted by Crippen LogP contribution is -2.48. The Hall–Kier alpha value is -1.98. The molecule has 0 atom stereocenters. The molecule has 0 bridgehead atoms. The number of aliphatic imine (C=N–C) groups is 1. The summed E-state index contributed by atoms with van der Waals surface area (Å²) in [4.78, 5) is 16.0. The van der Waals surface area contributed by atoms with Crippen LogP contribution >= 0.6 is 0 Å². The third kappa shape index (κ3) is 6.33. The van der Waals surface area contributed by atoms with Crippen molar-refractivity contribution in [3.8, 4) is 0 Å². The lowest BCUT2D eigenvalue weighted by atomic mass is 10.1. The fourth-order valence-corrected chi connectivity index (χ4v) is 1.72. The van der Waals surface area contributed by atoms with Gasteiger partial charge in [-0.05, 0) is 40.2 Å². The minimum absolute atomic E-state index is 0.0348. The number of nitrogens with zero attached hydrogens (tertiary/aromatic N) is 1. The maximum atomic E-state index is 11.8. The summed E-state index contributed by atoms with van der Waals surface area (Å²) >= 11 is 0.